The molecular formula is C20H21ClN4O. The van der Waals surface area contributed by atoms with Crippen molar-refractivity contribution in [3.63, 3.8) is 0 Å². The molecule has 0 radical (unpaired) electrons. The molecule has 5 nitrogen and oxygen atoms in total. The average Bonchev–Trinajstić information content (AvgIpc) is 2.65. The highest BCUT2D eigenvalue weighted by Gasteiger charge is 2.10. The van der Waals surface area contributed by atoms with E-state index in [4.69, 9.17) is 16.3 Å². The van der Waals surface area contributed by atoms with E-state index in [1.54, 1.807) is 19.4 Å². The second-order valence-electron chi connectivity index (χ2n) is 6.01. The lowest BCUT2D eigenvalue weighted by Gasteiger charge is -2.19. The van der Waals surface area contributed by atoms with Gasteiger partial charge in [0.1, 0.15) is 11.6 Å². The van der Waals surface area contributed by atoms with Crippen molar-refractivity contribution < 1.29 is 4.74 Å². The summed E-state index contributed by atoms with van der Waals surface area (Å²) in [4.78, 5) is 11.0. The van der Waals surface area contributed by atoms with E-state index in [9.17, 15) is 0 Å². The third-order valence-corrected chi connectivity index (χ3v) is 4.43. The summed E-state index contributed by atoms with van der Waals surface area (Å²) in [6, 6.07) is 15.9. The van der Waals surface area contributed by atoms with Crippen LogP contribution in [0.3, 0.4) is 0 Å². The van der Waals surface area contributed by atoms with Crippen LogP contribution in [0, 0.1) is 6.92 Å². The van der Waals surface area contributed by atoms with E-state index < -0.39 is 0 Å². The summed E-state index contributed by atoms with van der Waals surface area (Å²) in [5.41, 5.74) is 2.95. The molecule has 0 fully saturated rings. The number of hydrogen-bond donors (Lipinski definition) is 1. The number of benzene rings is 2. The van der Waals surface area contributed by atoms with Crippen molar-refractivity contribution in [1.29, 1.82) is 0 Å². The van der Waals surface area contributed by atoms with E-state index >= 15 is 0 Å². The molecule has 0 aliphatic heterocycles. The fraction of sp³-hybridized carbons (Fsp3) is 0.200. The van der Waals surface area contributed by atoms with E-state index in [2.05, 4.69) is 32.3 Å². The molecule has 0 aliphatic rings. The first-order valence-corrected chi connectivity index (χ1v) is 8.64. The van der Waals surface area contributed by atoms with E-state index in [1.807, 2.05) is 44.3 Å². The van der Waals surface area contributed by atoms with Gasteiger partial charge in [-0.3, -0.25) is 0 Å². The Morgan fingerprint density at radius 1 is 1.15 bits per heavy atom. The van der Waals surface area contributed by atoms with Crippen molar-refractivity contribution in [3.8, 4) is 5.75 Å². The molecule has 2 aromatic carbocycles. The summed E-state index contributed by atoms with van der Waals surface area (Å²) in [5, 5.41) is 3.88. The Labute approximate surface area is 158 Å². The highest BCUT2D eigenvalue weighted by Crippen LogP contribution is 2.32. The molecule has 0 unspecified atom stereocenters. The normalized spacial score (nSPS) is 10.5. The number of aryl methyl sites for hydroxylation is 1. The maximum absolute atomic E-state index is 6.17. The molecule has 0 spiro atoms. The average molecular weight is 369 g/mol. The minimum absolute atomic E-state index is 0.502. The van der Waals surface area contributed by atoms with Crippen LogP contribution in [0.2, 0.25) is 5.02 Å². The van der Waals surface area contributed by atoms with Crippen LogP contribution >= 0.6 is 11.6 Å². The Hall–Kier alpha value is -2.79. The van der Waals surface area contributed by atoms with Crippen molar-refractivity contribution in [2.24, 2.45) is 0 Å². The summed E-state index contributed by atoms with van der Waals surface area (Å²) < 4.78 is 5.40. The molecule has 0 saturated carbocycles. The first kappa shape index (κ1) is 18.0. The van der Waals surface area contributed by atoms with Crippen LogP contribution in [0.4, 0.5) is 17.5 Å². The maximum Gasteiger partial charge on any atom is 0.229 e. The minimum atomic E-state index is 0.502. The fourth-order valence-corrected chi connectivity index (χ4v) is 2.76. The van der Waals surface area contributed by atoms with E-state index in [0.717, 1.165) is 23.6 Å². The Balaban J connectivity index is 1.80. The van der Waals surface area contributed by atoms with Crippen molar-refractivity contribution in [2.45, 2.75) is 13.5 Å². The summed E-state index contributed by atoms with van der Waals surface area (Å²) >= 11 is 6.17. The second kappa shape index (κ2) is 8.06. The quantitative estimate of drug-likeness (QED) is 0.675. The predicted octanol–water partition coefficient (Wildman–Crippen LogP) is 4.83. The first-order chi connectivity index (χ1) is 12.6. The number of nitrogens with one attached hydrogen (secondary N) is 1. The Kier molecular flexibility index (Phi) is 5.58. The molecule has 1 N–H and O–H groups in total. The number of rotatable bonds is 6. The highest BCUT2D eigenvalue weighted by molar-refractivity contribution is 6.31. The van der Waals surface area contributed by atoms with Gasteiger partial charge >= 0.3 is 0 Å². The number of aromatic nitrogens is 2. The summed E-state index contributed by atoms with van der Waals surface area (Å²) in [7, 11) is 3.61. The van der Waals surface area contributed by atoms with Crippen LogP contribution in [-0.4, -0.2) is 24.1 Å². The number of hydrogen-bond acceptors (Lipinski definition) is 5. The number of nitrogens with zero attached hydrogens (tertiary/aromatic N) is 3. The molecule has 3 rings (SSSR count). The third kappa shape index (κ3) is 4.24. The highest BCUT2D eigenvalue weighted by atomic mass is 35.5. The van der Waals surface area contributed by atoms with Gasteiger partial charge in [-0.2, -0.15) is 4.98 Å². The summed E-state index contributed by atoms with van der Waals surface area (Å²) in [6.07, 6.45) is 1.74. The van der Waals surface area contributed by atoms with Gasteiger partial charge in [0.25, 0.3) is 0 Å². The lowest BCUT2D eigenvalue weighted by Crippen LogP contribution is -2.18. The fourth-order valence-electron chi connectivity index (χ4n) is 2.61. The van der Waals surface area contributed by atoms with Crippen LogP contribution in [-0.2, 0) is 6.54 Å². The Bertz CT molecular complexity index is 886. The third-order valence-electron chi connectivity index (χ3n) is 4.02. The van der Waals surface area contributed by atoms with Crippen LogP contribution < -0.4 is 15.0 Å². The van der Waals surface area contributed by atoms with Crippen LogP contribution in [0.5, 0.6) is 5.75 Å². The molecule has 1 aromatic heterocycles. The number of methoxy groups -OCH3 is 1. The van der Waals surface area contributed by atoms with E-state index in [1.165, 1.54) is 5.56 Å². The molecule has 0 saturated heterocycles. The topological polar surface area (TPSA) is 50.3 Å². The van der Waals surface area contributed by atoms with Crippen molar-refractivity contribution in [1.82, 2.24) is 9.97 Å². The predicted molar refractivity (Wildman–Crippen MR) is 107 cm³/mol. The molecule has 0 atom stereocenters. The van der Waals surface area contributed by atoms with Gasteiger partial charge in [-0.15, -0.1) is 0 Å². The minimum Gasteiger partial charge on any atom is -0.495 e. The number of halogens is 1. The van der Waals surface area contributed by atoms with Gasteiger partial charge in [-0.1, -0.05) is 41.9 Å². The smallest absolute Gasteiger partial charge is 0.229 e. The van der Waals surface area contributed by atoms with E-state index in [0.29, 0.717) is 16.7 Å². The van der Waals surface area contributed by atoms with Gasteiger partial charge in [-0.25, -0.2) is 4.98 Å². The second-order valence-corrected chi connectivity index (χ2v) is 6.41. The Morgan fingerprint density at radius 3 is 2.65 bits per heavy atom. The number of ether oxygens (including phenoxy) is 1. The van der Waals surface area contributed by atoms with Crippen LogP contribution in [0.1, 0.15) is 11.1 Å². The maximum atomic E-state index is 6.17. The van der Waals surface area contributed by atoms with Crippen LogP contribution in [0.25, 0.3) is 0 Å². The molecule has 26 heavy (non-hydrogen) atoms. The Morgan fingerprint density at radius 2 is 1.92 bits per heavy atom. The molecule has 134 valence electrons. The van der Waals surface area contributed by atoms with Gasteiger partial charge in [0.2, 0.25) is 5.95 Å². The molecule has 1 heterocycles. The standard InChI is InChI=1S/C20H21ClN4O/c1-14-11-17(18(26-3)12-16(14)21)23-20-22-10-9-19(24-20)25(2)13-15-7-5-4-6-8-15/h4-12H,13H2,1-3H3,(H,22,23,24). The van der Waals surface area contributed by atoms with Gasteiger partial charge in [-0.05, 0) is 30.2 Å². The summed E-state index contributed by atoms with van der Waals surface area (Å²) in [5.74, 6) is 1.98. The molecule has 3 aromatic rings. The monoisotopic (exact) mass is 368 g/mol. The molecule has 0 aliphatic carbocycles. The summed E-state index contributed by atoms with van der Waals surface area (Å²) in [6.45, 7) is 2.71. The van der Waals surface area contributed by atoms with Crippen molar-refractivity contribution in [3.05, 3.63) is 70.9 Å². The van der Waals surface area contributed by atoms with Gasteiger partial charge in [0.15, 0.2) is 0 Å². The first-order valence-electron chi connectivity index (χ1n) is 8.26. The number of anilines is 3. The lowest BCUT2D eigenvalue weighted by molar-refractivity contribution is 0.416. The van der Waals surface area contributed by atoms with Crippen molar-refractivity contribution in [2.75, 3.05) is 24.4 Å². The molecule has 0 bridgehead atoms. The molecule has 0 amide bonds. The molecular weight excluding hydrogens is 348 g/mol. The van der Waals surface area contributed by atoms with Crippen molar-refractivity contribution >= 4 is 29.1 Å². The zero-order valence-electron chi connectivity index (χ0n) is 15.0. The molecule has 6 heteroatoms. The zero-order chi connectivity index (χ0) is 18.5. The zero-order valence-corrected chi connectivity index (χ0v) is 15.8. The van der Waals surface area contributed by atoms with Gasteiger partial charge in [0, 0.05) is 30.9 Å². The SMILES string of the molecule is COc1cc(Cl)c(C)cc1Nc1nccc(N(C)Cc2ccccc2)n1. The van der Waals surface area contributed by atoms with E-state index in [-0.39, 0.29) is 0 Å². The lowest BCUT2D eigenvalue weighted by atomic mass is 10.2. The van der Waals surface area contributed by atoms with Crippen LogP contribution in [0.15, 0.2) is 54.7 Å². The van der Waals surface area contributed by atoms with Gasteiger partial charge < -0.3 is 15.0 Å². The van der Waals surface area contributed by atoms with Gasteiger partial charge in [0.05, 0.1) is 12.8 Å². The largest absolute Gasteiger partial charge is 0.495 e.